The molecule has 0 radical (unpaired) electrons. The molecule has 1 aliphatic heterocycles. The molecule has 5 atom stereocenters. The number of sulfonamides is 1. The molecule has 0 unspecified atom stereocenters. The van der Waals surface area contributed by atoms with Crippen LogP contribution in [-0.2, 0) is 27.8 Å². The largest absolute Gasteiger partial charge is 0.353 e. The average molecular weight is 499 g/mol. The van der Waals surface area contributed by atoms with Gasteiger partial charge in [0.2, 0.25) is 15.9 Å². The molecule has 3 saturated carbocycles. The molecule has 190 valence electrons. The van der Waals surface area contributed by atoms with Gasteiger partial charge in [-0.15, -0.1) is 0 Å². The van der Waals surface area contributed by atoms with Crippen molar-refractivity contribution >= 4 is 27.0 Å². The third kappa shape index (κ3) is 4.10. The Labute approximate surface area is 208 Å². The van der Waals surface area contributed by atoms with Gasteiger partial charge in [0.1, 0.15) is 5.82 Å². The SMILES string of the molecule is CCCn1c(CCC(=O)N[C@@H]2C[C@H]3C[C@H]2[C@H]2CCC[C@@H]32)nc2cc(S(=O)(=O)N3CCCC3)ccc21. The summed E-state index contributed by atoms with van der Waals surface area (Å²) in [5.41, 5.74) is 1.65. The van der Waals surface area contributed by atoms with E-state index in [4.69, 9.17) is 4.98 Å². The van der Waals surface area contributed by atoms with E-state index in [2.05, 4.69) is 16.8 Å². The van der Waals surface area contributed by atoms with Crippen LogP contribution in [0.1, 0.15) is 70.5 Å². The van der Waals surface area contributed by atoms with Crippen LogP contribution in [0.3, 0.4) is 0 Å². The molecule has 1 amide bonds. The summed E-state index contributed by atoms with van der Waals surface area (Å²) < 4.78 is 29.8. The van der Waals surface area contributed by atoms with E-state index in [0.29, 0.717) is 48.3 Å². The molecule has 7 nitrogen and oxygen atoms in total. The molecule has 1 saturated heterocycles. The second-order valence-corrected chi connectivity index (χ2v) is 13.2. The van der Waals surface area contributed by atoms with Crippen LogP contribution in [0.25, 0.3) is 11.0 Å². The van der Waals surface area contributed by atoms with Gasteiger partial charge in [0.15, 0.2) is 0 Å². The van der Waals surface area contributed by atoms with E-state index in [1.54, 1.807) is 16.4 Å². The lowest BCUT2D eigenvalue weighted by Crippen LogP contribution is -2.42. The van der Waals surface area contributed by atoms with Gasteiger partial charge in [-0.1, -0.05) is 13.3 Å². The third-order valence-electron chi connectivity index (χ3n) is 9.30. The lowest BCUT2D eigenvalue weighted by Gasteiger charge is -2.32. The van der Waals surface area contributed by atoms with Crippen LogP contribution in [0, 0.1) is 23.7 Å². The van der Waals surface area contributed by atoms with Crippen molar-refractivity contribution in [3.05, 3.63) is 24.0 Å². The topological polar surface area (TPSA) is 84.3 Å². The summed E-state index contributed by atoms with van der Waals surface area (Å²) in [4.78, 5) is 18.1. The fraction of sp³-hybridized carbons (Fsp3) is 0.704. The van der Waals surface area contributed by atoms with Crippen LogP contribution >= 0.6 is 0 Å². The van der Waals surface area contributed by atoms with Crippen LogP contribution in [0.2, 0.25) is 0 Å². The smallest absolute Gasteiger partial charge is 0.243 e. The Bertz CT molecular complexity index is 1220. The lowest BCUT2D eigenvalue weighted by atomic mass is 9.79. The van der Waals surface area contributed by atoms with Crippen molar-refractivity contribution in [2.45, 2.75) is 88.6 Å². The summed E-state index contributed by atoms with van der Waals surface area (Å²) in [5.74, 6) is 4.30. The first kappa shape index (κ1) is 23.5. The summed E-state index contributed by atoms with van der Waals surface area (Å²) >= 11 is 0. The Morgan fingerprint density at radius 3 is 2.69 bits per heavy atom. The highest BCUT2D eigenvalue weighted by Gasteiger charge is 2.53. The zero-order valence-corrected chi connectivity index (χ0v) is 21.6. The maximum atomic E-state index is 13.0. The second kappa shape index (κ2) is 9.18. The molecule has 2 heterocycles. The third-order valence-corrected chi connectivity index (χ3v) is 11.2. The molecule has 4 aliphatic rings. The van der Waals surface area contributed by atoms with E-state index in [9.17, 15) is 13.2 Å². The number of amides is 1. The van der Waals surface area contributed by atoms with Crippen LogP contribution in [0.5, 0.6) is 0 Å². The zero-order chi connectivity index (χ0) is 24.2. The monoisotopic (exact) mass is 498 g/mol. The summed E-state index contributed by atoms with van der Waals surface area (Å²) in [6.45, 7) is 4.12. The summed E-state index contributed by atoms with van der Waals surface area (Å²) in [6.07, 6.45) is 10.4. The van der Waals surface area contributed by atoms with Crippen LogP contribution in [-0.4, -0.2) is 47.3 Å². The standard InChI is InChI=1S/C27H38N4O3S/c1-2-12-31-25-9-8-19(35(33,34)30-13-3-4-14-30)17-24(25)28-26(31)10-11-27(32)29-23-16-18-15-22(23)21-7-5-6-20(18)21/h8-9,17-18,20-23H,2-7,10-16H2,1H3,(H,29,32)/t18-,20+,21+,22+,23-/m1/s1. The van der Waals surface area contributed by atoms with Crippen molar-refractivity contribution in [2.24, 2.45) is 23.7 Å². The number of fused-ring (bicyclic) bond motifs is 6. The molecule has 6 rings (SSSR count). The highest BCUT2D eigenvalue weighted by molar-refractivity contribution is 7.89. The van der Waals surface area contributed by atoms with Crippen molar-refractivity contribution in [3.8, 4) is 0 Å². The number of aryl methyl sites for hydroxylation is 2. The molecular weight excluding hydrogens is 460 g/mol. The minimum Gasteiger partial charge on any atom is -0.353 e. The Hall–Kier alpha value is -1.93. The Balaban J connectivity index is 1.16. The highest BCUT2D eigenvalue weighted by Crippen LogP contribution is 2.58. The number of imidazole rings is 1. The second-order valence-electron chi connectivity index (χ2n) is 11.3. The predicted octanol–water partition coefficient (Wildman–Crippen LogP) is 4.10. The number of hydrogen-bond acceptors (Lipinski definition) is 4. The number of nitrogens with zero attached hydrogens (tertiary/aromatic N) is 3. The molecule has 3 aliphatic carbocycles. The maximum Gasteiger partial charge on any atom is 0.243 e. The molecule has 1 aromatic carbocycles. The number of carbonyl (C=O) groups excluding carboxylic acids is 1. The summed E-state index contributed by atoms with van der Waals surface area (Å²) in [5, 5.41) is 3.38. The first-order valence-corrected chi connectivity index (χ1v) is 15.2. The van der Waals surface area contributed by atoms with Crippen LogP contribution in [0.15, 0.2) is 23.1 Å². The first-order chi connectivity index (χ1) is 17.0. The normalized spacial score (nSPS) is 30.4. The minimum absolute atomic E-state index is 0.129. The van der Waals surface area contributed by atoms with Crippen molar-refractivity contribution in [1.82, 2.24) is 19.2 Å². The van der Waals surface area contributed by atoms with Crippen molar-refractivity contribution in [1.29, 1.82) is 0 Å². The van der Waals surface area contributed by atoms with Gasteiger partial charge in [-0.2, -0.15) is 4.31 Å². The van der Waals surface area contributed by atoms with Crippen molar-refractivity contribution < 1.29 is 13.2 Å². The van der Waals surface area contributed by atoms with Crippen LogP contribution < -0.4 is 5.32 Å². The van der Waals surface area contributed by atoms with Crippen LogP contribution in [0.4, 0.5) is 0 Å². The molecular formula is C27H38N4O3S. The highest BCUT2D eigenvalue weighted by atomic mass is 32.2. The Morgan fingerprint density at radius 2 is 1.89 bits per heavy atom. The molecule has 0 spiro atoms. The van der Waals surface area contributed by atoms with Gasteiger partial charge in [0.05, 0.1) is 15.9 Å². The van der Waals surface area contributed by atoms with Gasteiger partial charge >= 0.3 is 0 Å². The molecule has 8 heteroatoms. The van der Waals surface area contributed by atoms with E-state index < -0.39 is 10.0 Å². The predicted molar refractivity (Wildman–Crippen MR) is 135 cm³/mol. The Kier molecular flexibility index (Phi) is 6.16. The number of benzene rings is 1. The zero-order valence-electron chi connectivity index (χ0n) is 20.8. The summed E-state index contributed by atoms with van der Waals surface area (Å²) in [6, 6.07) is 5.68. The van der Waals surface area contributed by atoms with Crippen molar-refractivity contribution in [2.75, 3.05) is 13.1 Å². The van der Waals surface area contributed by atoms with E-state index in [1.807, 2.05) is 6.07 Å². The summed E-state index contributed by atoms with van der Waals surface area (Å²) in [7, 11) is -3.48. The van der Waals surface area contributed by atoms with Gasteiger partial charge in [-0.05, 0) is 86.8 Å². The minimum atomic E-state index is -3.48. The van der Waals surface area contributed by atoms with E-state index in [1.165, 1.54) is 32.1 Å². The number of carbonyl (C=O) groups is 1. The fourth-order valence-corrected chi connectivity index (χ4v) is 9.34. The van der Waals surface area contributed by atoms with E-state index in [0.717, 1.165) is 54.9 Å². The molecule has 2 bridgehead atoms. The number of aromatic nitrogens is 2. The first-order valence-electron chi connectivity index (χ1n) is 13.7. The van der Waals surface area contributed by atoms with Gasteiger partial charge in [0, 0.05) is 38.5 Å². The fourth-order valence-electron chi connectivity index (χ4n) is 7.80. The maximum absolute atomic E-state index is 13.0. The quantitative estimate of drug-likeness (QED) is 0.594. The molecule has 2 aromatic rings. The number of hydrogen-bond donors (Lipinski definition) is 1. The molecule has 4 fully saturated rings. The van der Waals surface area contributed by atoms with Gasteiger partial charge in [-0.3, -0.25) is 4.79 Å². The molecule has 35 heavy (non-hydrogen) atoms. The van der Waals surface area contributed by atoms with Gasteiger partial charge < -0.3 is 9.88 Å². The van der Waals surface area contributed by atoms with Gasteiger partial charge in [-0.25, -0.2) is 13.4 Å². The number of rotatable bonds is 8. The Morgan fingerprint density at radius 1 is 1.09 bits per heavy atom. The van der Waals surface area contributed by atoms with Gasteiger partial charge in [0.25, 0.3) is 0 Å². The molecule has 1 N–H and O–H groups in total. The van der Waals surface area contributed by atoms with E-state index >= 15 is 0 Å². The van der Waals surface area contributed by atoms with E-state index in [-0.39, 0.29) is 5.91 Å². The molecule has 1 aromatic heterocycles. The number of nitrogens with one attached hydrogen (secondary N) is 1. The lowest BCUT2D eigenvalue weighted by molar-refractivity contribution is -0.122. The average Bonchev–Trinajstić information content (AvgIpc) is 3.65. The van der Waals surface area contributed by atoms with Crippen molar-refractivity contribution in [3.63, 3.8) is 0 Å².